The van der Waals surface area contributed by atoms with Crippen molar-refractivity contribution in [1.82, 2.24) is 18.8 Å². The number of hydroxylamine groups is 2. The van der Waals surface area contributed by atoms with Crippen molar-refractivity contribution in [3.05, 3.63) is 56.9 Å². The van der Waals surface area contributed by atoms with Gasteiger partial charge in [0, 0.05) is 32.9 Å². The summed E-state index contributed by atoms with van der Waals surface area (Å²) in [6.45, 7) is 10.9. The first-order valence-corrected chi connectivity index (χ1v) is 15.9. The van der Waals surface area contributed by atoms with Crippen LogP contribution in [0.3, 0.4) is 0 Å². The normalized spacial score (nSPS) is 12.9. The zero-order valence-corrected chi connectivity index (χ0v) is 25.8. The highest BCUT2D eigenvalue weighted by Crippen LogP contribution is 2.37. The lowest BCUT2D eigenvalue weighted by atomic mass is 10.1. The maximum absolute atomic E-state index is 13.4. The molecule has 2 aromatic heterocycles. The van der Waals surface area contributed by atoms with E-state index < -0.39 is 25.7 Å². The largest absolute Gasteiger partial charge is 0.414 e. The Morgan fingerprint density at radius 3 is 2.45 bits per heavy atom. The number of benzene rings is 1. The maximum Gasteiger partial charge on any atom is 0.330 e. The number of hydrogen-bond donors (Lipinski definition) is 0. The third kappa shape index (κ3) is 6.28. The van der Waals surface area contributed by atoms with Crippen molar-refractivity contribution in [2.45, 2.75) is 51.6 Å². The fourth-order valence-corrected chi connectivity index (χ4v) is 5.09. The molecule has 0 aliphatic rings. The summed E-state index contributed by atoms with van der Waals surface area (Å²) in [6, 6.07) is 9.09. The molecule has 0 bridgehead atoms. The van der Waals surface area contributed by atoms with Crippen LogP contribution in [-0.2, 0) is 39.4 Å². The van der Waals surface area contributed by atoms with Crippen LogP contribution in [0.25, 0.3) is 22.2 Å². The molecule has 2 heterocycles. The van der Waals surface area contributed by atoms with E-state index in [0.717, 1.165) is 9.63 Å². The Kier molecular flexibility index (Phi) is 9.26. The first-order valence-electron chi connectivity index (χ1n) is 13.0. The minimum absolute atomic E-state index is 0.0425. The van der Waals surface area contributed by atoms with Crippen molar-refractivity contribution in [3.63, 3.8) is 0 Å². The van der Waals surface area contributed by atoms with Crippen molar-refractivity contribution < 1.29 is 18.8 Å². The molecule has 0 fully saturated rings. The summed E-state index contributed by atoms with van der Waals surface area (Å²) in [5.41, 5.74) is 1.18. The molecule has 0 N–H and O–H groups in total. The van der Waals surface area contributed by atoms with E-state index in [1.807, 2.05) is 10.6 Å². The van der Waals surface area contributed by atoms with E-state index in [0.29, 0.717) is 27.7 Å². The van der Waals surface area contributed by atoms with Gasteiger partial charge in [0.05, 0.1) is 54.6 Å². The van der Waals surface area contributed by atoms with Crippen LogP contribution in [0.15, 0.2) is 40.1 Å². The molecule has 1 aromatic carbocycles. The van der Waals surface area contributed by atoms with Crippen LogP contribution in [0, 0.1) is 11.3 Å². The summed E-state index contributed by atoms with van der Waals surface area (Å²) >= 11 is 0. The smallest absolute Gasteiger partial charge is 0.330 e. The molecule has 0 spiro atoms. The molecule has 0 aliphatic carbocycles. The number of carbonyl (C=O) groups excluding carboxylic acids is 1. The van der Waals surface area contributed by atoms with E-state index in [1.54, 1.807) is 31.4 Å². The number of carbonyl (C=O) groups is 1. The van der Waals surface area contributed by atoms with Gasteiger partial charge >= 0.3 is 5.69 Å². The van der Waals surface area contributed by atoms with E-state index in [1.165, 1.54) is 25.8 Å². The molecule has 0 radical (unpaired) electrons. The lowest BCUT2D eigenvalue weighted by Crippen LogP contribution is -2.44. The van der Waals surface area contributed by atoms with Crippen LogP contribution < -0.4 is 11.2 Å². The summed E-state index contributed by atoms with van der Waals surface area (Å²) in [4.78, 5) is 43.6. The van der Waals surface area contributed by atoms with Crippen LogP contribution in [0.2, 0.25) is 18.1 Å². The van der Waals surface area contributed by atoms with Crippen molar-refractivity contribution in [3.8, 4) is 17.3 Å². The maximum atomic E-state index is 13.4. The van der Waals surface area contributed by atoms with Gasteiger partial charge in [-0.2, -0.15) is 5.26 Å². The number of amides is 1. The molecule has 0 aliphatic heterocycles. The molecule has 3 rings (SSSR count). The Morgan fingerprint density at radius 1 is 1.18 bits per heavy atom. The molecule has 1 amide bonds. The number of rotatable bonds is 10. The molecule has 1 unspecified atom stereocenters. The molecule has 40 heavy (non-hydrogen) atoms. The fraction of sp³-hybridized carbons (Fsp3) is 0.500. The summed E-state index contributed by atoms with van der Waals surface area (Å²) in [6.07, 6.45) is 1.15. The van der Waals surface area contributed by atoms with Gasteiger partial charge in [-0.1, -0.05) is 32.9 Å². The molecule has 1 atom stereocenters. The first kappa shape index (κ1) is 31.0. The van der Waals surface area contributed by atoms with Crippen molar-refractivity contribution >= 4 is 25.1 Å². The zero-order valence-electron chi connectivity index (χ0n) is 24.8. The Balaban J connectivity index is 2.16. The number of aryl methyl sites for hydroxylation is 1. The third-order valence-electron chi connectivity index (χ3n) is 7.68. The number of likely N-dealkylation sites (N-methyl/N-ethyl adjacent to an activating group) is 1. The summed E-state index contributed by atoms with van der Waals surface area (Å²) in [5.74, 6) is -0.365. The second-order valence-corrected chi connectivity index (χ2v) is 16.2. The predicted octanol–water partition coefficient (Wildman–Crippen LogP) is 3.00. The van der Waals surface area contributed by atoms with Gasteiger partial charge in [-0.25, -0.2) is 9.86 Å². The van der Waals surface area contributed by atoms with E-state index in [4.69, 9.17) is 14.0 Å². The highest BCUT2D eigenvalue weighted by atomic mass is 28.4. The van der Waals surface area contributed by atoms with Gasteiger partial charge < -0.3 is 13.7 Å². The van der Waals surface area contributed by atoms with Crippen LogP contribution >= 0.6 is 0 Å². The highest BCUT2D eigenvalue weighted by molar-refractivity contribution is 6.74. The summed E-state index contributed by atoms with van der Waals surface area (Å²) in [7, 11) is 3.78. The SMILES string of the molecule is CON(C)C(=O)COC(CO[Si](C)(C)C(C)(C)C)Cn1cc2c(c1-c1cccc(C#N)c1)c(=O)n(C)c(=O)n2C. The minimum Gasteiger partial charge on any atom is -0.414 e. The number of nitriles is 1. The van der Waals surface area contributed by atoms with Crippen molar-refractivity contribution in [2.75, 3.05) is 27.4 Å². The monoisotopic (exact) mass is 569 g/mol. The van der Waals surface area contributed by atoms with Gasteiger partial charge in [0.15, 0.2) is 8.32 Å². The molecule has 0 saturated carbocycles. The number of aromatic nitrogens is 3. The van der Waals surface area contributed by atoms with Gasteiger partial charge in [-0.3, -0.25) is 23.6 Å². The fourth-order valence-electron chi connectivity index (χ4n) is 4.05. The Bertz CT molecular complexity index is 1560. The molecule has 3 aromatic rings. The summed E-state index contributed by atoms with van der Waals surface area (Å²) in [5, 5.41) is 10.9. The van der Waals surface area contributed by atoms with Gasteiger partial charge in [0.25, 0.3) is 11.5 Å². The lowest BCUT2D eigenvalue weighted by molar-refractivity contribution is -0.175. The van der Waals surface area contributed by atoms with Crippen LogP contribution in [0.1, 0.15) is 26.3 Å². The number of nitrogens with zero attached hydrogens (tertiary/aromatic N) is 5. The molecule has 0 saturated heterocycles. The van der Waals surface area contributed by atoms with Gasteiger partial charge in [-0.05, 0) is 30.3 Å². The molecule has 216 valence electrons. The van der Waals surface area contributed by atoms with Crippen molar-refractivity contribution in [2.24, 2.45) is 14.1 Å². The van der Waals surface area contributed by atoms with E-state index >= 15 is 0 Å². The van der Waals surface area contributed by atoms with Crippen LogP contribution in [0.4, 0.5) is 0 Å². The van der Waals surface area contributed by atoms with Gasteiger partial charge in [0.1, 0.15) is 6.61 Å². The Morgan fingerprint density at radius 2 is 1.85 bits per heavy atom. The standard InChI is InChI=1S/C28H39N5O6Si/c1-28(2,3)40(8,9)39-17-21(38-18-23(34)32(6)37-7)15-33-16-22-24(26(35)31(5)27(36)30(22)4)25(33)20-12-10-11-19(13-20)14-29/h10-13,16,21H,15,17-18H2,1-9H3. The Labute approximate surface area is 235 Å². The molecular formula is C28H39N5O6Si. The van der Waals surface area contributed by atoms with Crippen molar-refractivity contribution in [1.29, 1.82) is 5.26 Å². The number of hydrogen-bond acceptors (Lipinski definition) is 7. The van der Waals surface area contributed by atoms with Crippen LogP contribution in [0.5, 0.6) is 0 Å². The van der Waals surface area contributed by atoms with Gasteiger partial charge in [0.2, 0.25) is 0 Å². The quantitative estimate of drug-likeness (QED) is 0.272. The van der Waals surface area contributed by atoms with Gasteiger partial charge in [-0.15, -0.1) is 0 Å². The third-order valence-corrected chi connectivity index (χ3v) is 12.2. The van der Waals surface area contributed by atoms with E-state index in [9.17, 15) is 19.6 Å². The highest BCUT2D eigenvalue weighted by Gasteiger charge is 2.38. The zero-order chi connectivity index (χ0) is 30.0. The molecule has 11 nitrogen and oxygen atoms in total. The first-order chi connectivity index (χ1) is 18.6. The summed E-state index contributed by atoms with van der Waals surface area (Å²) < 4.78 is 16.9. The predicted molar refractivity (Wildman–Crippen MR) is 155 cm³/mol. The second-order valence-electron chi connectivity index (χ2n) is 11.4. The molecule has 12 heteroatoms. The lowest BCUT2D eigenvalue weighted by Gasteiger charge is -2.37. The Hall–Kier alpha value is -3.50. The van der Waals surface area contributed by atoms with E-state index in [-0.39, 0.29) is 30.7 Å². The van der Waals surface area contributed by atoms with Crippen LogP contribution in [-0.4, -0.2) is 66.5 Å². The van der Waals surface area contributed by atoms with E-state index in [2.05, 4.69) is 39.9 Å². The minimum atomic E-state index is -2.17. The second kappa shape index (κ2) is 11.9. The topological polar surface area (TPSA) is 121 Å². The number of ether oxygens (including phenoxy) is 1. The number of fused-ring (bicyclic) bond motifs is 1. The average molecular weight is 570 g/mol. The molecular weight excluding hydrogens is 530 g/mol. The average Bonchev–Trinajstić information content (AvgIpc) is 3.30.